The maximum absolute atomic E-state index is 12.5. The molecule has 1 heterocycles. The van der Waals surface area contributed by atoms with Gasteiger partial charge < -0.3 is 4.90 Å². The average molecular weight is 371 g/mol. The number of nitrogens with zero attached hydrogens (tertiary/aromatic N) is 3. The van der Waals surface area contributed by atoms with Gasteiger partial charge in [0.25, 0.3) is 5.91 Å². The first-order valence-electron chi connectivity index (χ1n) is 6.76. The maximum atomic E-state index is 12.5. The zero-order valence-corrected chi connectivity index (χ0v) is 14.4. The zero-order chi connectivity index (χ0) is 15.6. The molecule has 0 bridgehead atoms. The quantitative estimate of drug-likeness (QED) is 0.803. The highest BCUT2D eigenvalue weighted by molar-refractivity contribution is 9.10. The summed E-state index contributed by atoms with van der Waals surface area (Å²) in [4.78, 5) is 16.4. The summed E-state index contributed by atoms with van der Waals surface area (Å²) in [6.07, 6.45) is 0. The van der Waals surface area contributed by atoms with Crippen molar-refractivity contribution in [3.63, 3.8) is 0 Å². The SMILES string of the molecule is CC(C)(C#N)N1CCN(C(=O)c2ccc(Cl)c(Br)c2)CC1. The Balaban J connectivity index is 2.04. The predicted octanol–water partition coefficient (Wildman–Crippen LogP) is 3.16. The highest BCUT2D eigenvalue weighted by atomic mass is 79.9. The van der Waals surface area contributed by atoms with Crippen molar-refractivity contribution < 1.29 is 4.79 Å². The molecule has 1 aliphatic rings. The van der Waals surface area contributed by atoms with Crippen molar-refractivity contribution in [1.29, 1.82) is 5.26 Å². The molecular weight excluding hydrogens is 354 g/mol. The van der Waals surface area contributed by atoms with Crippen LogP contribution < -0.4 is 0 Å². The number of nitriles is 1. The fraction of sp³-hybridized carbons (Fsp3) is 0.467. The van der Waals surface area contributed by atoms with E-state index >= 15 is 0 Å². The van der Waals surface area contributed by atoms with Gasteiger partial charge in [-0.2, -0.15) is 5.26 Å². The van der Waals surface area contributed by atoms with Gasteiger partial charge in [-0.15, -0.1) is 0 Å². The van der Waals surface area contributed by atoms with Gasteiger partial charge >= 0.3 is 0 Å². The van der Waals surface area contributed by atoms with E-state index in [1.165, 1.54) is 0 Å². The normalized spacial score (nSPS) is 16.6. The number of piperazine rings is 1. The second-order valence-electron chi connectivity index (χ2n) is 5.58. The summed E-state index contributed by atoms with van der Waals surface area (Å²) in [6.45, 7) is 6.48. The minimum absolute atomic E-state index is 0.00165. The van der Waals surface area contributed by atoms with E-state index in [1.807, 2.05) is 18.7 Å². The van der Waals surface area contributed by atoms with Crippen molar-refractivity contribution in [2.75, 3.05) is 26.2 Å². The van der Waals surface area contributed by atoms with Crippen molar-refractivity contribution in [2.24, 2.45) is 0 Å². The lowest BCUT2D eigenvalue weighted by atomic mass is 10.0. The minimum atomic E-state index is -0.488. The van der Waals surface area contributed by atoms with E-state index in [0.29, 0.717) is 36.8 Å². The monoisotopic (exact) mass is 369 g/mol. The lowest BCUT2D eigenvalue weighted by molar-refractivity contribution is 0.0521. The van der Waals surface area contributed by atoms with Gasteiger partial charge in [-0.1, -0.05) is 11.6 Å². The van der Waals surface area contributed by atoms with Crippen molar-refractivity contribution in [3.05, 3.63) is 33.3 Å². The number of halogens is 2. The third kappa shape index (κ3) is 3.57. The van der Waals surface area contributed by atoms with Gasteiger partial charge in [0, 0.05) is 36.2 Å². The molecular formula is C15H17BrClN3O. The highest BCUT2D eigenvalue weighted by Gasteiger charge is 2.31. The van der Waals surface area contributed by atoms with Crippen LogP contribution in [0.4, 0.5) is 0 Å². The van der Waals surface area contributed by atoms with E-state index in [-0.39, 0.29) is 5.91 Å². The van der Waals surface area contributed by atoms with Crippen LogP contribution in [0.5, 0.6) is 0 Å². The molecule has 6 heteroatoms. The van der Waals surface area contributed by atoms with Gasteiger partial charge in [-0.05, 0) is 48.0 Å². The van der Waals surface area contributed by atoms with E-state index in [0.717, 1.165) is 4.47 Å². The maximum Gasteiger partial charge on any atom is 0.253 e. The Bertz CT molecular complexity index is 589. The summed E-state index contributed by atoms with van der Waals surface area (Å²) in [5.41, 5.74) is 0.137. The molecule has 21 heavy (non-hydrogen) atoms. The molecule has 1 fully saturated rings. The highest BCUT2D eigenvalue weighted by Crippen LogP contribution is 2.24. The standard InChI is InChI=1S/C15H17BrClN3O/c1-15(2,10-18)20-7-5-19(6-8-20)14(21)11-3-4-13(17)12(16)9-11/h3-4,9H,5-8H2,1-2H3. The van der Waals surface area contributed by atoms with Gasteiger partial charge in [0.2, 0.25) is 0 Å². The van der Waals surface area contributed by atoms with Crippen molar-refractivity contribution in [1.82, 2.24) is 9.80 Å². The van der Waals surface area contributed by atoms with Crippen molar-refractivity contribution in [3.8, 4) is 6.07 Å². The minimum Gasteiger partial charge on any atom is -0.336 e. The summed E-state index contributed by atoms with van der Waals surface area (Å²) >= 11 is 9.28. The van der Waals surface area contributed by atoms with Crippen LogP contribution in [0.3, 0.4) is 0 Å². The summed E-state index contributed by atoms with van der Waals surface area (Å²) in [7, 11) is 0. The topological polar surface area (TPSA) is 47.3 Å². The summed E-state index contributed by atoms with van der Waals surface area (Å²) in [5, 5.41) is 9.76. The van der Waals surface area contributed by atoms with E-state index in [4.69, 9.17) is 16.9 Å². The molecule has 0 saturated carbocycles. The van der Waals surface area contributed by atoms with Crippen LogP contribution in [0, 0.1) is 11.3 Å². The molecule has 1 aliphatic heterocycles. The first-order valence-corrected chi connectivity index (χ1v) is 7.93. The fourth-order valence-corrected chi connectivity index (χ4v) is 2.85. The molecule has 0 aliphatic carbocycles. The van der Waals surface area contributed by atoms with Crippen LogP contribution >= 0.6 is 27.5 Å². The van der Waals surface area contributed by atoms with Crippen LogP contribution in [0.1, 0.15) is 24.2 Å². The van der Waals surface area contributed by atoms with Crippen LogP contribution in [0.25, 0.3) is 0 Å². The number of benzene rings is 1. The molecule has 0 atom stereocenters. The van der Waals surface area contributed by atoms with Crippen LogP contribution in [-0.2, 0) is 0 Å². The first kappa shape index (κ1) is 16.3. The number of carbonyl (C=O) groups is 1. The molecule has 0 radical (unpaired) electrons. The molecule has 0 spiro atoms. The summed E-state index contributed by atoms with van der Waals surface area (Å²) in [5.74, 6) is 0.00165. The number of carbonyl (C=O) groups excluding carboxylic acids is 1. The molecule has 0 N–H and O–H groups in total. The first-order chi connectivity index (χ1) is 9.85. The number of hydrogen-bond donors (Lipinski definition) is 0. The third-order valence-electron chi connectivity index (χ3n) is 3.80. The van der Waals surface area contributed by atoms with Crippen LogP contribution in [0.2, 0.25) is 5.02 Å². The fourth-order valence-electron chi connectivity index (χ4n) is 2.35. The van der Waals surface area contributed by atoms with Crippen LogP contribution in [-0.4, -0.2) is 47.4 Å². The Morgan fingerprint density at radius 3 is 2.48 bits per heavy atom. The van der Waals surface area contributed by atoms with Gasteiger partial charge in [0.1, 0.15) is 5.54 Å². The van der Waals surface area contributed by atoms with Gasteiger partial charge in [-0.3, -0.25) is 9.69 Å². The summed E-state index contributed by atoms with van der Waals surface area (Å²) < 4.78 is 0.722. The number of amides is 1. The molecule has 112 valence electrons. The Kier molecular flexibility index (Phi) is 4.92. The third-order valence-corrected chi connectivity index (χ3v) is 5.01. The molecule has 2 rings (SSSR count). The van der Waals surface area contributed by atoms with E-state index in [9.17, 15) is 4.79 Å². The Morgan fingerprint density at radius 2 is 1.95 bits per heavy atom. The molecule has 1 aromatic carbocycles. The lowest BCUT2D eigenvalue weighted by Gasteiger charge is -2.40. The summed E-state index contributed by atoms with van der Waals surface area (Å²) in [6, 6.07) is 7.50. The predicted molar refractivity (Wildman–Crippen MR) is 86.3 cm³/mol. The van der Waals surface area contributed by atoms with Crippen molar-refractivity contribution in [2.45, 2.75) is 19.4 Å². The second kappa shape index (κ2) is 6.35. The number of rotatable bonds is 2. The van der Waals surface area contributed by atoms with Crippen LogP contribution in [0.15, 0.2) is 22.7 Å². The molecule has 4 nitrogen and oxygen atoms in total. The molecule has 1 saturated heterocycles. The van der Waals surface area contributed by atoms with E-state index < -0.39 is 5.54 Å². The van der Waals surface area contributed by atoms with E-state index in [2.05, 4.69) is 26.9 Å². The zero-order valence-electron chi connectivity index (χ0n) is 12.1. The second-order valence-corrected chi connectivity index (χ2v) is 6.84. The number of hydrogen-bond acceptors (Lipinski definition) is 3. The molecule has 0 unspecified atom stereocenters. The lowest BCUT2D eigenvalue weighted by Crippen LogP contribution is -2.55. The Morgan fingerprint density at radius 1 is 1.33 bits per heavy atom. The molecule has 1 amide bonds. The largest absolute Gasteiger partial charge is 0.336 e. The van der Waals surface area contributed by atoms with Crippen molar-refractivity contribution >= 4 is 33.4 Å². The van der Waals surface area contributed by atoms with E-state index in [1.54, 1.807) is 18.2 Å². The Hall–Kier alpha value is -1.09. The Labute approximate surface area is 138 Å². The molecule has 0 aromatic heterocycles. The smallest absolute Gasteiger partial charge is 0.253 e. The van der Waals surface area contributed by atoms with Gasteiger partial charge in [0.05, 0.1) is 11.1 Å². The molecule has 1 aromatic rings. The average Bonchev–Trinajstić information content (AvgIpc) is 2.49. The van der Waals surface area contributed by atoms with Gasteiger partial charge in [0.15, 0.2) is 0 Å². The van der Waals surface area contributed by atoms with Gasteiger partial charge in [-0.25, -0.2) is 0 Å².